The van der Waals surface area contributed by atoms with Crippen molar-refractivity contribution in [1.29, 1.82) is 0 Å². The van der Waals surface area contributed by atoms with E-state index < -0.39 is 10.0 Å². The number of aromatic amines is 1. The van der Waals surface area contributed by atoms with Crippen molar-refractivity contribution < 1.29 is 12.9 Å². The molecule has 9 nitrogen and oxygen atoms in total. The number of aromatic nitrogens is 2. The van der Waals surface area contributed by atoms with E-state index in [0.29, 0.717) is 31.9 Å². The first-order valence-corrected chi connectivity index (χ1v) is 12.0. The lowest BCUT2D eigenvalue weighted by Gasteiger charge is -2.35. The molecule has 0 unspecified atom stereocenters. The van der Waals surface area contributed by atoms with Crippen LogP contribution in [-0.4, -0.2) is 73.5 Å². The summed E-state index contributed by atoms with van der Waals surface area (Å²) in [5.74, 6) is 0.658. The largest absolute Gasteiger partial charge is 0.364 e. The lowest BCUT2D eigenvalue weighted by molar-refractivity contribution is 0.260. The number of aliphatic imine (C=N–C) groups is 1. The molecule has 1 aliphatic rings. The molecule has 174 valence electrons. The van der Waals surface area contributed by atoms with E-state index >= 15 is 0 Å². The SMILES string of the molecule is CN=C(NCCc1c[nH]c2cccc(C)c12)N1CCN(S(=O)(=O)Cc2ccon2)CC1.I. The predicted molar refractivity (Wildman–Crippen MR) is 136 cm³/mol. The Hall–Kier alpha value is -2.12. The number of rotatable bonds is 6. The molecule has 1 fully saturated rings. The van der Waals surface area contributed by atoms with E-state index in [-0.39, 0.29) is 29.7 Å². The van der Waals surface area contributed by atoms with Crippen LogP contribution in [0.25, 0.3) is 10.9 Å². The van der Waals surface area contributed by atoms with Gasteiger partial charge in [0.2, 0.25) is 10.0 Å². The number of hydrogen-bond donors (Lipinski definition) is 2. The molecule has 4 rings (SSSR count). The minimum absolute atomic E-state index is 0. The number of nitrogens with zero attached hydrogens (tertiary/aromatic N) is 4. The summed E-state index contributed by atoms with van der Waals surface area (Å²) in [7, 11) is -1.66. The third-order valence-electron chi connectivity index (χ3n) is 5.64. The number of fused-ring (bicyclic) bond motifs is 1. The number of sulfonamides is 1. The Morgan fingerprint density at radius 1 is 1.25 bits per heavy atom. The summed E-state index contributed by atoms with van der Waals surface area (Å²) in [6, 6.07) is 7.86. The van der Waals surface area contributed by atoms with E-state index in [4.69, 9.17) is 4.52 Å². The van der Waals surface area contributed by atoms with Crippen molar-refractivity contribution in [1.82, 2.24) is 24.7 Å². The number of nitrogens with one attached hydrogen (secondary N) is 2. The monoisotopic (exact) mass is 572 g/mol. The number of guanidine groups is 1. The molecule has 1 saturated heterocycles. The molecule has 0 spiro atoms. The fourth-order valence-corrected chi connectivity index (χ4v) is 5.48. The van der Waals surface area contributed by atoms with Gasteiger partial charge in [0.1, 0.15) is 12.0 Å². The molecule has 1 aliphatic heterocycles. The van der Waals surface area contributed by atoms with Gasteiger partial charge in [0.25, 0.3) is 0 Å². The molecular formula is C21H29IN6O3S. The Kier molecular flexibility index (Phi) is 8.17. The van der Waals surface area contributed by atoms with Crippen LogP contribution in [0.1, 0.15) is 16.8 Å². The van der Waals surface area contributed by atoms with Gasteiger partial charge in [-0.3, -0.25) is 4.99 Å². The first-order valence-electron chi connectivity index (χ1n) is 10.4. The molecular weight excluding hydrogens is 543 g/mol. The van der Waals surface area contributed by atoms with Crippen LogP contribution in [0.5, 0.6) is 0 Å². The Morgan fingerprint density at radius 3 is 2.72 bits per heavy atom. The molecule has 0 aliphatic carbocycles. The quantitative estimate of drug-likeness (QED) is 0.267. The highest BCUT2D eigenvalue weighted by Gasteiger charge is 2.28. The van der Waals surface area contributed by atoms with Crippen molar-refractivity contribution in [2.75, 3.05) is 39.8 Å². The van der Waals surface area contributed by atoms with E-state index in [0.717, 1.165) is 24.4 Å². The van der Waals surface area contributed by atoms with Gasteiger partial charge in [0.15, 0.2) is 5.96 Å². The van der Waals surface area contributed by atoms with Crippen LogP contribution in [0.3, 0.4) is 0 Å². The maximum atomic E-state index is 12.6. The normalized spacial score (nSPS) is 15.7. The van der Waals surface area contributed by atoms with Gasteiger partial charge in [-0.25, -0.2) is 8.42 Å². The maximum Gasteiger partial charge on any atom is 0.220 e. The smallest absolute Gasteiger partial charge is 0.220 e. The highest BCUT2D eigenvalue weighted by molar-refractivity contribution is 14.0. The highest BCUT2D eigenvalue weighted by atomic mass is 127. The zero-order valence-electron chi connectivity index (χ0n) is 18.2. The third kappa shape index (κ3) is 5.44. The second-order valence-corrected chi connectivity index (χ2v) is 9.64. The van der Waals surface area contributed by atoms with Gasteiger partial charge in [-0.1, -0.05) is 17.3 Å². The van der Waals surface area contributed by atoms with Crippen molar-refractivity contribution in [3.8, 4) is 0 Å². The van der Waals surface area contributed by atoms with Crippen LogP contribution in [0.4, 0.5) is 0 Å². The fraction of sp³-hybridized carbons (Fsp3) is 0.429. The summed E-state index contributed by atoms with van der Waals surface area (Å²) in [5, 5.41) is 8.42. The molecule has 1 aromatic carbocycles. The summed E-state index contributed by atoms with van der Waals surface area (Å²) in [6.45, 7) is 4.89. The van der Waals surface area contributed by atoms with Gasteiger partial charge in [0, 0.05) is 62.9 Å². The average molecular weight is 572 g/mol. The standard InChI is InChI=1S/C21H28N6O3S.HI/c1-16-4-3-5-19-20(16)17(14-24-19)6-8-23-21(22-2)26-9-11-27(12-10-26)31(28,29)15-18-7-13-30-25-18;/h3-5,7,13-14,24H,6,8-12,15H2,1-2H3,(H,22,23);1H. The van der Waals surface area contributed by atoms with Crippen molar-refractivity contribution in [2.45, 2.75) is 19.1 Å². The Labute approximate surface area is 205 Å². The van der Waals surface area contributed by atoms with E-state index in [9.17, 15) is 8.42 Å². The van der Waals surface area contributed by atoms with E-state index in [1.165, 1.54) is 27.1 Å². The average Bonchev–Trinajstić information content (AvgIpc) is 3.42. The van der Waals surface area contributed by atoms with Gasteiger partial charge in [0.05, 0.1) is 5.69 Å². The summed E-state index contributed by atoms with van der Waals surface area (Å²) in [5.41, 5.74) is 4.12. The van der Waals surface area contributed by atoms with Gasteiger partial charge < -0.3 is 19.7 Å². The van der Waals surface area contributed by atoms with Crippen LogP contribution in [0.2, 0.25) is 0 Å². The molecule has 0 bridgehead atoms. The first kappa shape index (κ1) is 24.5. The summed E-state index contributed by atoms with van der Waals surface area (Å²) in [4.78, 5) is 9.83. The third-order valence-corrected chi connectivity index (χ3v) is 7.45. The number of piperazine rings is 1. The Balaban J connectivity index is 0.00000289. The highest BCUT2D eigenvalue weighted by Crippen LogP contribution is 2.22. The van der Waals surface area contributed by atoms with E-state index in [1.807, 2.05) is 0 Å². The molecule has 3 heterocycles. The lowest BCUT2D eigenvalue weighted by Crippen LogP contribution is -2.54. The summed E-state index contributed by atoms with van der Waals surface area (Å²) >= 11 is 0. The number of benzene rings is 1. The van der Waals surface area contributed by atoms with Gasteiger partial charge in [-0.05, 0) is 30.5 Å². The zero-order chi connectivity index (χ0) is 21.8. The topological polar surface area (TPSA) is 107 Å². The number of H-pyrrole nitrogens is 1. The van der Waals surface area contributed by atoms with Crippen molar-refractivity contribution in [3.63, 3.8) is 0 Å². The van der Waals surface area contributed by atoms with Crippen molar-refractivity contribution in [2.24, 2.45) is 4.99 Å². The van der Waals surface area contributed by atoms with E-state index in [1.54, 1.807) is 13.1 Å². The molecule has 0 amide bonds. The number of aryl methyl sites for hydroxylation is 1. The lowest BCUT2D eigenvalue weighted by atomic mass is 10.1. The van der Waals surface area contributed by atoms with Gasteiger partial charge in [-0.2, -0.15) is 4.31 Å². The molecule has 0 radical (unpaired) electrons. The van der Waals surface area contributed by atoms with Gasteiger partial charge >= 0.3 is 0 Å². The molecule has 0 atom stereocenters. The Morgan fingerprint density at radius 2 is 2.03 bits per heavy atom. The maximum absolute atomic E-state index is 12.6. The molecule has 2 N–H and O–H groups in total. The van der Waals surface area contributed by atoms with Crippen LogP contribution < -0.4 is 5.32 Å². The Bertz CT molecular complexity index is 1150. The second-order valence-electron chi connectivity index (χ2n) is 7.67. The zero-order valence-corrected chi connectivity index (χ0v) is 21.4. The van der Waals surface area contributed by atoms with Crippen LogP contribution in [0.15, 0.2) is 46.2 Å². The fourth-order valence-electron chi connectivity index (χ4n) is 4.06. The van der Waals surface area contributed by atoms with Gasteiger partial charge in [-0.15, -0.1) is 24.0 Å². The molecule has 32 heavy (non-hydrogen) atoms. The summed E-state index contributed by atoms with van der Waals surface area (Å²) in [6.07, 6.45) is 4.33. The van der Waals surface area contributed by atoms with Crippen molar-refractivity contribution >= 4 is 50.9 Å². The van der Waals surface area contributed by atoms with Crippen molar-refractivity contribution in [3.05, 3.63) is 53.5 Å². The molecule has 11 heteroatoms. The van der Waals surface area contributed by atoms with Crippen LogP contribution >= 0.6 is 24.0 Å². The molecule has 0 saturated carbocycles. The number of hydrogen-bond acceptors (Lipinski definition) is 5. The van der Waals surface area contributed by atoms with E-state index in [2.05, 4.69) is 56.7 Å². The van der Waals surface area contributed by atoms with Crippen LogP contribution in [0, 0.1) is 6.92 Å². The second kappa shape index (κ2) is 10.7. The van der Waals surface area contributed by atoms with Crippen LogP contribution in [-0.2, 0) is 22.2 Å². The summed E-state index contributed by atoms with van der Waals surface area (Å²) < 4.78 is 31.5. The number of halogens is 1. The molecule has 2 aromatic heterocycles. The minimum Gasteiger partial charge on any atom is -0.364 e. The minimum atomic E-state index is -3.41. The predicted octanol–water partition coefficient (Wildman–Crippen LogP) is 2.35. The molecule has 3 aromatic rings. The first-order chi connectivity index (χ1) is 15.0.